The molecule has 2 fully saturated rings. The predicted molar refractivity (Wildman–Crippen MR) is 87.5 cm³/mol. The summed E-state index contributed by atoms with van der Waals surface area (Å²) in [6.45, 7) is 2.61. The first kappa shape index (κ1) is 15.3. The van der Waals surface area contributed by atoms with Gasteiger partial charge in [0.25, 0.3) is 0 Å². The number of fused-ring (bicyclic) bond motifs is 1. The van der Waals surface area contributed by atoms with Gasteiger partial charge in [-0.25, -0.2) is 0 Å². The van der Waals surface area contributed by atoms with E-state index in [-0.39, 0.29) is 0 Å². The number of rotatable bonds is 3. The highest BCUT2D eigenvalue weighted by Crippen LogP contribution is 2.41. The van der Waals surface area contributed by atoms with E-state index in [1.165, 1.54) is 38.5 Å². The molecule has 122 valence electrons. The van der Waals surface area contributed by atoms with Crippen molar-refractivity contribution in [1.29, 1.82) is 0 Å². The molecular formula is C16H28N6. The summed E-state index contributed by atoms with van der Waals surface area (Å²) >= 11 is 0. The van der Waals surface area contributed by atoms with E-state index in [9.17, 15) is 0 Å². The van der Waals surface area contributed by atoms with E-state index in [0.717, 1.165) is 29.4 Å². The van der Waals surface area contributed by atoms with Gasteiger partial charge in [-0.05, 0) is 38.0 Å². The van der Waals surface area contributed by atoms with E-state index in [0.29, 0.717) is 12.6 Å². The van der Waals surface area contributed by atoms with Crippen molar-refractivity contribution in [1.82, 2.24) is 25.4 Å². The molecule has 0 spiro atoms. The number of hydrogen-bond donors (Lipinski definition) is 2. The van der Waals surface area contributed by atoms with E-state index >= 15 is 0 Å². The summed E-state index contributed by atoms with van der Waals surface area (Å²) < 4.78 is 2.00. The molecule has 1 aromatic rings. The topological polar surface area (TPSA) is 67.1 Å². The number of aromatic nitrogens is 3. The van der Waals surface area contributed by atoms with Gasteiger partial charge in [0.05, 0.1) is 6.54 Å². The highest BCUT2D eigenvalue weighted by Gasteiger charge is 2.33. The molecule has 0 aromatic carbocycles. The van der Waals surface area contributed by atoms with E-state index in [1.54, 1.807) is 0 Å². The van der Waals surface area contributed by atoms with Gasteiger partial charge in [-0.3, -0.25) is 4.99 Å². The third-order valence-electron chi connectivity index (χ3n) is 5.45. The molecule has 3 unspecified atom stereocenters. The highest BCUT2D eigenvalue weighted by atomic mass is 15.3. The minimum absolute atomic E-state index is 0.562. The Hall–Kier alpha value is -1.59. The summed E-state index contributed by atoms with van der Waals surface area (Å²) in [5.74, 6) is 4.67. The monoisotopic (exact) mass is 304 g/mol. The van der Waals surface area contributed by atoms with E-state index in [2.05, 4.69) is 25.8 Å². The molecule has 2 aliphatic carbocycles. The fourth-order valence-electron chi connectivity index (χ4n) is 3.99. The zero-order chi connectivity index (χ0) is 15.5. The molecule has 2 aliphatic rings. The predicted octanol–water partition coefficient (Wildman–Crippen LogP) is 1.76. The molecule has 0 bridgehead atoms. The Morgan fingerprint density at radius 1 is 1.23 bits per heavy atom. The Labute approximate surface area is 132 Å². The van der Waals surface area contributed by atoms with Crippen molar-refractivity contribution in [2.24, 2.45) is 23.9 Å². The smallest absolute Gasteiger partial charge is 0.191 e. The van der Waals surface area contributed by atoms with Crippen LogP contribution in [0.2, 0.25) is 0 Å². The number of nitrogens with zero attached hydrogens (tertiary/aromatic N) is 4. The minimum Gasteiger partial charge on any atom is -0.354 e. The fourth-order valence-corrected chi connectivity index (χ4v) is 3.99. The van der Waals surface area contributed by atoms with Crippen molar-refractivity contribution in [2.75, 3.05) is 7.05 Å². The van der Waals surface area contributed by atoms with Crippen LogP contribution in [0.4, 0.5) is 0 Å². The van der Waals surface area contributed by atoms with Crippen LogP contribution in [-0.2, 0) is 13.6 Å². The maximum Gasteiger partial charge on any atom is 0.191 e. The molecular weight excluding hydrogens is 276 g/mol. The van der Waals surface area contributed by atoms with Gasteiger partial charge in [0.15, 0.2) is 11.8 Å². The molecule has 6 nitrogen and oxygen atoms in total. The van der Waals surface area contributed by atoms with E-state index in [1.807, 2.05) is 25.6 Å². The lowest BCUT2D eigenvalue weighted by molar-refractivity contribution is 0.239. The highest BCUT2D eigenvalue weighted by molar-refractivity contribution is 5.79. The molecule has 2 N–H and O–H groups in total. The maximum absolute atomic E-state index is 4.36. The van der Waals surface area contributed by atoms with Gasteiger partial charge in [-0.1, -0.05) is 19.3 Å². The van der Waals surface area contributed by atoms with Crippen LogP contribution in [0.3, 0.4) is 0 Å². The molecule has 3 rings (SSSR count). The lowest BCUT2D eigenvalue weighted by Crippen LogP contribution is -2.46. The molecule has 1 heterocycles. The Balaban J connectivity index is 1.51. The normalized spacial score (nSPS) is 28.5. The second-order valence-electron chi connectivity index (χ2n) is 6.75. The number of hydrogen-bond acceptors (Lipinski definition) is 3. The summed E-state index contributed by atoms with van der Waals surface area (Å²) in [4.78, 5) is 4.36. The summed E-state index contributed by atoms with van der Waals surface area (Å²) in [5, 5.41) is 15.2. The number of aryl methyl sites for hydroxylation is 1. The summed E-state index contributed by atoms with van der Waals surface area (Å²) in [7, 11) is 3.82. The van der Waals surface area contributed by atoms with Crippen molar-refractivity contribution in [3.05, 3.63) is 11.6 Å². The van der Waals surface area contributed by atoms with Gasteiger partial charge in [-0.2, -0.15) is 0 Å². The Morgan fingerprint density at radius 3 is 2.77 bits per heavy atom. The molecule has 1 aromatic heterocycles. The Kier molecular flexibility index (Phi) is 4.64. The minimum atomic E-state index is 0.562. The SMILES string of the molecule is CN=C(NCc1nnc(C)n1C)NC1CCC2CCCC2C1. The average molecular weight is 304 g/mol. The number of nitrogens with one attached hydrogen (secondary N) is 2. The van der Waals surface area contributed by atoms with Crippen LogP contribution in [0.5, 0.6) is 0 Å². The van der Waals surface area contributed by atoms with Gasteiger partial charge in [0.2, 0.25) is 0 Å². The van der Waals surface area contributed by atoms with Crippen LogP contribution in [0, 0.1) is 18.8 Å². The van der Waals surface area contributed by atoms with Crippen LogP contribution in [0.15, 0.2) is 4.99 Å². The van der Waals surface area contributed by atoms with Crippen LogP contribution in [-0.4, -0.2) is 33.8 Å². The van der Waals surface area contributed by atoms with Crippen molar-refractivity contribution in [3.8, 4) is 0 Å². The zero-order valence-corrected chi connectivity index (χ0v) is 14.0. The third kappa shape index (κ3) is 3.25. The van der Waals surface area contributed by atoms with Gasteiger partial charge in [-0.15, -0.1) is 10.2 Å². The lowest BCUT2D eigenvalue weighted by atomic mass is 9.79. The number of aliphatic imine (C=N–C) groups is 1. The third-order valence-corrected chi connectivity index (χ3v) is 5.45. The van der Waals surface area contributed by atoms with Crippen molar-refractivity contribution >= 4 is 5.96 Å². The van der Waals surface area contributed by atoms with Gasteiger partial charge >= 0.3 is 0 Å². The second-order valence-corrected chi connectivity index (χ2v) is 6.75. The van der Waals surface area contributed by atoms with Crippen molar-refractivity contribution in [3.63, 3.8) is 0 Å². The van der Waals surface area contributed by atoms with Crippen LogP contribution >= 0.6 is 0 Å². The lowest BCUT2D eigenvalue weighted by Gasteiger charge is -2.33. The first-order valence-corrected chi connectivity index (χ1v) is 8.49. The summed E-state index contributed by atoms with van der Waals surface area (Å²) in [5.41, 5.74) is 0. The van der Waals surface area contributed by atoms with Crippen molar-refractivity contribution in [2.45, 2.75) is 58.0 Å². The van der Waals surface area contributed by atoms with Gasteiger partial charge in [0.1, 0.15) is 5.82 Å². The molecule has 6 heteroatoms. The standard InChI is InChI=1S/C16H28N6/c1-11-20-21-15(22(11)3)10-18-16(17-2)19-14-8-7-12-5-4-6-13(12)9-14/h12-14H,4-10H2,1-3H3,(H2,17,18,19). The van der Waals surface area contributed by atoms with Gasteiger partial charge < -0.3 is 15.2 Å². The molecule has 3 atom stereocenters. The van der Waals surface area contributed by atoms with Crippen LogP contribution < -0.4 is 10.6 Å². The maximum atomic E-state index is 4.36. The van der Waals surface area contributed by atoms with E-state index < -0.39 is 0 Å². The first-order valence-electron chi connectivity index (χ1n) is 8.49. The van der Waals surface area contributed by atoms with Crippen molar-refractivity contribution < 1.29 is 0 Å². The summed E-state index contributed by atoms with van der Waals surface area (Å²) in [6.07, 6.45) is 8.25. The average Bonchev–Trinajstić information content (AvgIpc) is 3.11. The number of guanidine groups is 1. The zero-order valence-electron chi connectivity index (χ0n) is 14.0. The molecule has 22 heavy (non-hydrogen) atoms. The summed E-state index contributed by atoms with van der Waals surface area (Å²) in [6, 6.07) is 0.562. The van der Waals surface area contributed by atoms with Crippen LogP contribution in [0.1, 0.15) is 50.2 Å². The largest absolute Gasteiger partial charge is 0.354 e. The fraction of sp³-hybridized carbons (Fsp3) is 0.812. The first-order chi connectivity index (χ1) is 10.7. The van der Waals surface area contributed by atoms with E-state index in [4.69, 9.17) is 0 Å². The van der Waals surface area contributed by atoms with Crippen LogP contribution in [0.25, 0.3) is 0 Å². The quantitative estimate of drug-likeness (QED) is 0.659. The molecule has 0 saturated heterocycles. The Morgan fingerprint density at radius 2 is 2.05 bits per heavy atom. The molecule has 2 saturated carbocycles. The Bertz CT molecular complexity index is 535. The molecule has 0 amide bonds. The molecule has 0 radical (unpaired) electrons. The second kappa shape index (κ2) is 6.67. The molecule has 0 aliphatic heterocycles. The van der Waals surface area contributed by atoms with Gasteiger partial charge in [0, 0.05) is 20.1 Å².